The molecule has 0 saturated heterocycles. The SMILES string of the molecule is CCOC(=O)[C@]1(C#N)CC1(C)C. The van der Waals surface area contributed by atoms with Crippen LogP contribution in [0, 0.1) is 22.2 Å². The molecule has 0 amide bonds. The summed E-state index contributed by atoms with van der Waals surface area (Å²) in [6.07, 6.45) is 0.620. The van der Waals surface area contributed by atoms with Crippen LogP contribution < -0.4 is 0 Å². The number of nitrogens with zero attached hydrogens (tertiary/aromatic N) is 1. The Labute approximate surface area is 72.3 Å². The number of carbonyl (C=O) groups is 1. The summed E-state index contributed by atoms with van der Waals surface area (Å²) in [6.45, 7) is 5.91. The number of nitriles is 1. The van der Waals surface area contributed by atoms with Crippen molar-refractivity contribution in [1.82, 2.24) is 0 Å². The predicted octanol–water partition coefficient (Wildman–Crippen LogP) is 1.49. The molecule has 12 heavy (non-hydrogen) atoms. The average Bonchev–Trinajstić information content (AvgIpc) is 2.55. The zero-order valence-corrected chi connectivity index (χ0v) is 7.68. The van der Waals surface area contributed by atoms with Crippen LogP contribution in [0.4, 0.5) is 0 Å². The Morgan fingerprint density at radius 2 is 2.17 bits per heavy atom. The van der Waals surface area contributed by atoms with Crippen LogP contribution in [0.25, 0.3) is 0 Å². The van der Waals surface area contributed by atoms with Crippen molar-refractivity contribution in [3.8, 4) is 6.07 Å². The lowest BCUT2D eigenvalue weighted by atomic mass is 9.98. The quantitative estimate of drug-likeness (QED) is 0.585. The number of hydrogen-bond donors (Lipinski definition) is 0. The second-order valence-corrected chi connectivity index (χ2v) is 3.80. The summed E-state index contributed by atoms with van der Waals surface area (Å²) in [5.74, 6) is -0.363. The summed E-state index contributed by atoms with van der Waals surface area (Å²) in [5.41, 5.74) is -1.06. The highest BCUT2D eigenvalue weighted by atomic mass is 16.5. The Morgan fingerprint density at radius 3 is 2.42 bits per heavy atom. The summed E-state index contributed by atoms with van der Waals surface area (Å²) < 4.78 is 4.83. The fourth-order valence-electron chi connectivity index (χ4n) is 1.46. The minimum absolute atomic E-state index is 0.200. The van der Waals surface area contributed by atoms with E-state index in [0.717, 1.165) is 0 Å². The van der Waals surface area contributed by atoms with Crippen LogP contribution in [0.3, 0.4) is 0 Å². The molecule has 0 N–H and O–H groups in total. The highest BCUT2D eigenvalue weighted by Crippen LogP contribution is 2.63. The molecule has 1 saturated carbocycles. The smallest absolute Gasteiger partial charge is 0.327 e. The molecule has 1 aliphatic carbocycles. The van der Waals surface area contributed by atoms with Gasteiger partial charge in [0.1, 0.15) is 0 Å². The maximum absolute atomic E-state index is 11.3. The molecule has 0 spiro atoms. The average molecular weight is 167 g/mol. The van der Waals surface area contributed by atoms with Crippen LogP contribution >= 0.6 is 0 Å². The van der Waals surface area contributed by atoms with E-state index in [1.807, 2.05) is 13.8 Å². The zero-order valence-electron chi connectivity index (χ0n) is 7.68. The van der Waals surface area contributed by atoms with E-state index in [9.17, 15) is 4.79 Å². The van der Waals surface area contributed by atoms with E-state index in [1.54, 1.807) is 6.92 Å². The molecule has 0 bridgehead atoms. The van der Waals surface area contributed by atoms with Crippen LogP contribution in [0.15, 0.2) is 0 Å². The molecule has 0 radical (unpaired) electrons. The molecule has 0 heterocycles. The highest BCUT2D eigenvalue weighted by molar-refractivity contribution is 5.85. The molecular weight excluding hydrogens is 154 g/mol. The minimum Gasteiger partial charge on any atom is -0.465 e. The molecule has 1 fully saturated rings. The van der Waals surface area contributed by atoms with Gasteiger partial charge in [-0.25, -0.2) is 0 Å². The van der Waals surface area contributed by atoms with E-state index in [4.69, 9.17) is 10.00 Å². The molecule has 0 aromatic rings. The first-order valence-electron chi connectivity index (χ1n) is 4.08. The number of rotatable bonds is 2. The Morgan fingerprint density at radius 1 is 1.67 bits per heavy atom. The summed E-state index contributed by atoms with van der Waals surface area (Å²) in [7, 11) is 0. The molecule has 1 rings (SSSR count). The van der Waals surface area contributed by atoms with Crippen LogP contribution in [0.1, 0.15) is 27.2 Å². The summed E-state index contributed by atoms with van der Waals surface area (Å²) in [5, 5.41) is 8.84. The number of carbonyl (C=O) groups excluding carboxylic acids is 1. The lowest BCUT2D eigenvalue weighted by molar-refractivity contribution is -0.148. The molecule has 1 aliphatic rings. The minimum atomic E-state index is -0.858. The Bertz CT molecular complexity index is 252. The van der Waals surface area contributed by atoms with Gasteiger partial charge in [-0.2, -0.15) is 5.26 Å². The Hall–Kier alpha value is -1.04. The molecule has 3 nitrogen and oxygen atoms in total. The molecule has 3 heteroatoms. The number of ether oxygens (including phenoxy) is 1. The summed E-state index contributed by atoms with van der Waals surface area (Å²) in [6, 6.07) is 2.05. The van der Waals surface area contributed by atoms with Crippen molar-refractivity contribution in [3.63, 3.8) is 0 Å². The van der Waals surface area contributed by atoms with Gasteiger partial charge in [0.2, 0.25) is 0 Å². The van der Waals surface area contributed by atoms with Crippen molar-refractivity contribution in [3.05, 3.63) is 0 Å². The van der Waals surface area contributed by atoms with Gasteiger partial charge in [-0.3, -0.25) is 4.79 Å². The van der Waals surface area contributed by atoms with Gasteiger partial charge in [0.25, 0.3) is 0 Å². The van der Waals surface area contributed by atoms with Crippen molar-refractivity contribution in [2.75, 3.05) is 6.61 Å². The van der Waals surface area contributed by atoms with E-state index in [0.29, 0.717) is 13.0 Å². The van der Waals surface area contributed by atoms with Gasteiger partial charge in [-0.1, -0.05) is 13.8 Å². The van der Waals surface area contributed by atoms with Crippen molar-refractivity contribution >= 4 is 5.97 Å². The number of esters is 1. The fourth-order valence-corrected chi connectivity index (χ4v) is 1.46. The van der Waals surface area contributed by atoms with Gasteiger partial charge in [0, 0.05) is 0 Å². The van der Waals surface area contributed by atoms with E-state index in [2.05, 4.69) is 6.07 Å². The van der Waals surface area contributed by atoms with Gasteiger partial charge in [-0.15, -0.1) is 0 Å². The van der Waals surface area contributed by atoms with Crippen LogP contribution in [-0.2, 0) is 9.53 Å². The standard InChI is InChI=1S/C9H13NO2/c1-4-12-7(11)9(6-10)5-8(9,2)3/h4-5H2,1-3H3/t9-/m1/s1. The molecule has 0 unspecified atom stereocenters. The first-order chi connectivity index (χ1) is 5.50. The third-order valence-electron chi connectivity index (χ3n) is 2.55. The van der Waals surface area contributed by atoms with Crippen molar-refractivity contribution in [1.29, 1.82) is 5.26 Å². The largest absolute Gasteiger partial charge is 0.465 e. The fraction of sp³-hybridized carbons (Fsp3) is 0.778. The first kappa shape index (κ1) is 9.05. The van der Waals surface area contributed by atoms with Crippen LogP contribution in [0.5, 0.6) is 0 Å². The summed E-state index contributed by atoms with van der Waals surface area (Å²) >= 11 is 0. The Balaban J connectivity index is 2.75. The topological polar surface area (TPSA) is 50.1 Å². The van der Waals surface area contributed by atoms with Gasteiger partial charge < -0.3 is 4.74 Å². The highest BCUT2D eigenvalue weighted by Gasteiger charge is 2.68. The molecule has 0 aliphatic heterocycles. The Kier molecular flexibility index (Phi) is 1.87. The lowest BCUT2D eigenvalue weighted by Crippen LogP contribution is -2.22. The van der Waals surface area contributed by atoms with E-state index >= 15 is 0 Å². The van der Waals surface area contributed by atoms with Gasteiger partial charge >= 0.3 is 5.97 Å². The number of hydrogen-bond acceptors (Lipinski definition) is 3. The van der Waals surface area contributed by atoms with Crippen molar-refractivity contribution < 1.29 is 9.53 Å². The lowest BCUT2D eigenvalue weighted by Gasteiger charge is -2.09. The van der Waals surface area contributed by atoms with Gasteiger partial charge in [-0.05, 0) is 18.8 Å². The third kappa shape index (κ3) is 0.989. The first-order valence-corrected chi connectivity index (χ1v) is 4.08. The monoisotopic (exact) mass is 167 g/mol. The normalized spacial score (nSPS) is 30.5. The van der Waals surface area contributed by atoms with Crippen LogP contribution in [-0.4, -0.2) is 12.6 Å². The van der Waals surface area contributed by atoms with E-state index in [-0.39, 0.29) is 11.4 Å². The molecule has 0 aromatic heterocycles. The van der Waals surface area contributed by atoms with Gasteiger partial charge in [0.05, 0.1) is 12.7 Å². The molecule has 0 aromatic carbocycles. The summed E-state index contributed by atoms with van der Waals surface area (Å²) in [4.78, 5) is 11.3. The van der Waals surface area contributed by atoms with Crippen molar-refractivity contribution in [2.45, 2.75) is 27.2 Å². The second kappa shape index (κ2) is 2.48. The molecular formula is C9H13NO2. The zero-order chi connectivity index (χ0) is 9.41. The second-order valence-electron chi connectivity index (χ2n) is 3.80. The predicted molar refractivity (Wildman–Crippen MR) is 43.1 cm³/mol. The van der Waals surface area contributed by atoms with E-state index < -0.39 is 5.41 Å². The maximum Gasteiger partial charge on any atom is 0.327 e. The third-order valence-corrected chi connectivity index (χ3v) is 2.55. The van der Waals surface area contributed by atoms with E-state index in [1.165, 1.54) is 0 Å². The molecule has 66 valence electrons. The molecule has 1 atom stereocenters. The van der Waals surface area contributed by atoms with Gasteiger partial charge in [0.15, 0.2) is 5.41 Å². The van der Waals surface area contributed by atoms with Crippen molar-refractivity contribution in [2.24, 2.45) is 10.8 Å². The van der Waals surface area contributed by atoms with Crippen LogP contribution in [0.2, 0.25) is 0 Å². The maximum atomic E-state index is 11.3.